The number of ether oxygens (including phenoxy) is 1. The molecular weight excluding hydrogens is 262 g/mol. The van der Waals surface area contributed by atoms with E-state index in [0.717, 1.165) is 28.0 Å². The van der Waals surface area contributed by atoms with Crippen LogP contribution in [0.1, 0.15) is 17.5 Å². The van der Waals surface area contributed by atoms with Crippen LogP contribution in [0.2, 0.25) is 0 Å². The lowest BCUT2D eigenvalue weighted by atomic mass is 10.2. The van der Waals surface area contributed by atoms with E-state index >= 15 is 0 Å². The molecule has 1 atom stereocenters. The van der Waals surface area contributed by atoms with Crippen LogP contribution >= 0.6 is 0 Å². The summed E-state index contributed by atoms with van der Waals surface area (Å²) in [6, 6.07) is 15.7. The molecule has 0 fully saturated rings. The summed E-state index contributed by atoms with van der Waals surface area (Å²) >= 11 is 0. The molecule has 4 nitrogen and oxygen atoms in total. The quantitative estimate of drug-likeness (QED) is 0.797. The van der Waals surface area contributed by atoms with Crippen molar-refractivity contribution < 1.29 is 4.74 Å². The van der Waals surface area contributed by atoms with Gasteiger partial charge in [-0.2, -0.15) is 0 Å². The first-order chi connectivity index (χ1) is 10.3. The molecule has 1 aromatic carbocycles. The number of hydrogen-bond donors (Lipinski definition) is 1. The maximum absolute atomic E-state index is 6.07. The average molecular weight is 279 g/mol. The van der Waals surface area contributed by atoms with E-state index in [1.807, 2.05) is 55.5 Å². The van der Waals surface area contributed by atoms with Crippen LogP contribution in [0.5, 0.6) is 5.75 Å². The minimum absolute atomic E-state index is 0.279. The molecule has 0 saturated heterocycles. The molecule has 0 saturated carbocycles. The van der Waals surface area contributed by atoms with Gasteiger partial charge >= 0.3 is 0 Å². The highest BCUT2D eigenvalue weighted by atomic mass is 16.5. The summed E-state index contributed by atoms with van der Waals surface area (Å²) in [5.41, 5.74) is 8.48. The monoisotopic (exact) mass is 279 g/mol. The van der Waals surface area contributed by atoms with E-state index in [2.05, 4.69) is 9.97 Å². The molecule has 4 heteroatoms. The van der Waals surface area contributed by atoms with Crippen LogP contribution < -0.4 is 10.5 Å². The predicted octanol–water partition coefficient (Wildman–Crippen LogP) is 3.02. The summed E-state index contributed by atoms with van der Waals surface area (Å²) in [4.78, 5) is 8.89. The lowest BCUT2D eigenvalue weighted by Crippen LogP contribution is -2.19. The van der Waals surface area contributed by atoms with Crippen LogP contribution in [0.3, 0.4) is 0 Å². The van der Waals surface area contributed by atoms with Crippen molar-refractivity contribution in [3.63, 3.8) is 0 Å². The molecule has 0 spiro atoms. The zero-order valence-electron chi connectivity index (χ0n) is 11.9. The van der Waals surface area contributed by atoms with E-state index in [1.165, 1.54) is 0 Å². The Labute approximate surface area is 123 Å². The van der Waals surface area contributed by atoms with Gasteiger partial charge in [-0.25, -0.2) is 4.98 Å². The first-order valence-corrected chi connectivity index (χ1v) is 6.92. The molecule has 21 heavy (non-hydrogen) atoms. The highest BCUT2D eigenvalue weighted by molar-refractivity contribution is 5.84. The number of hydrogen-bond acceptors (Lipinski definition) is 4. The summed E-state index contributed by atoms with van der Waals surface area (Å²) < 4.78 is 6.07. The molecule has 2 N–H and O–H groups in total. The molecule has 0 aliphatic rings. The minimum Gasteiger partial charge on any atom is -0.480 e. The summed E-state index contributed by atoms with van der Waals surface area (Å²) in [5, 5.41) is 1.05. The fourth-order valence-electron chi connectivity index (χ4n) is 2.26. The number of fused-ring (bicyclic) bond motifs is 1. The minimum atomic E-state index is -0.279. The Hall–Kier alpha value is -2.46. The number of nitrogens with zero attached hydrogens (tertiary/aromatic N) is 2. The molecular formula is C17H17N3O. The number of benzene rings is 1. The summed E-state index contributed by atoms with van der Waals surface area (Å²) in [5.74, 6) is 0.734. The van der Waals surface area contributed by atoms with Crippen LogP contribution in [0.25, 0.3) is 10.9 Å². The SMILES string of the molecule is Cc1ccc2cccc(OC(CN)c3ccccn3)c2n1. The lowest BCUT2D eigenvalue weighted by Gasteiger charge is -2.18. The number of pyridine rings is 2. The third-order valence-corrected chi connectivity index (χ3v) is 3.32. The van der Waals surface area contributed by atoms with Gasteiger partial charge in [0.25, 0.3) is 0 Å². The number of rotatable bonds is 4. The fourth-order valence-corrected chi connectivity index (χ4v) is 2.26. The van der Waals surface area contributed by atoms with Gasteiger partial charge in [-0.05, 0) is 31.2 Å². The van der Waals surface area contributed by atoms with Crippen LogP contribution in [0, 0.1) is 6.92 Å². The Morgan fingerprint density at radius 2 is 2.00 bits per heavy atom. The van der Waals surface area contributed by atoms with Crippen molar-refractivity contribution in [1.82, 2.24) is 9.97 Å². The van der Waals surface area contributed by atoms with Gasteiger partial charge in [-0.3, -0.25) is 4.98 Å². The van der Waals surface area contributed by atoms with Gasteiger partial charge in [-0.1, -0.05) is 24.3 Å². The van der Waals surface area contributed by atoms with Crippen molar-refractivity contribution in [3.05, 3.63) is 66.1 Å². The molecule has 2 aromatic heterocycles. The normalized spacial score (nSPS) is 12.3. The predicted molar refractivity (Wildman–Crippen MR) is 83.1 cm³/mol. The molecule has 0 bridgehead atoms. The van der Waals surface area contributed by atoms with Crippen molar-refractivity contribution >= 4 is 10.9 Å². The van der Waals surface area contributed by atoms with E-state index in [4.69, 9.17) is 10.5 Å². The Balaban J connectivity index is 1.99. The van der Waals surface area contributed by atoms with E-state index in [9.17, 15) is 0 Å². The Bertz CT molecular complexity index is 743. The Morgan fingerprint density at radius 1 is 1.10 bits per heavy atom. The van der Waals surface area contributed by atoms with E-state index in [-0.39, 0.29) is 6.10 Å². The third-order valence-electron chi connectivity index (χ3n) is 3.32. The number of aromatic nitrogens is 2. The smallest absolute Gasteiger partial charge is 0.153 e. The van der Waals surface area contributed by atoms with Gasteiger partial charge in [0.1, 0.15) is 11.3 Å². The zero-order chi connectivity index (χ0) is 14.7. The second-order valence-corrected chi connectivity index (χ2v) is 4.88. The number of aryl methyl sites for hydroxylation is 1. The van der Waals surface area contributed by atoms with Crippen molar-refractivity contribution in [2.75, 3.05) is 6.54 Å². The molecule has 106 valence electrons. The fraction of sp³-hybridized carbons (Fsp3) is 0.176. The second-order valence-electron chi connectivity index (χ2n) is 4.88. The maximum atomic E-state index is 6.07. The molecule has 3 aromatic rings. The largest absolute Gasteiger partial charge is 0.480 e. The average Bonchev–Trinajstić information content (AvgIpc) is 2.53. The van der Waals surface area contributed by atoms with Crippen LogP contribution in [-0.2, 0) is 0 Å². The summed E-state index contributed by atoms with van der Waals surface area (Å²) in [6.07, 6.45) is 1.46. The molecule has 0 amide bonds. The third kappa shape index (κ3) is 2.85. The number of nitrogens with two attached hydrogens (primary N) is 1. The van der Waals surface area contributed by atoms with Gasteiger partial charge in [-0.15, -0.1) is 0 Å². The van der Waals surface area contributed by atoms with Crippen molar-refractivity contribution in [2.24, 2.45) is 5.73 Å². The van der Waals surface area contributed by atoms with Crippen LogP contribution in [0.15, 0.2) is 54.7 Å². The number of para-hydroxylation sites is 1. The maximum Gasteiger partial charge on any atom is 0.153 e. The standard InChI is InChI=1S/C17H17N3O/c1-12-8-9-13-5-4-7-15(17(13)20-12)21-16(11-18)14-6-2-3-10-19-14/h2-10,16H,11,18H2,1H3. The molecule has 2 heterocycles. The first kappa shape index (κ1) is 13.5. The van der Waals surface area contributed by atoms with Crippen molar-refractivity contribution in [2.45, 2.75) is 13.0 Å². The van der Waals surface area contributed by atoms with Crippen LogP contribution in [0.4, 0.5) is 0 Å². The molecule has 0 radical (unpaired) electrons. The van der Waals surface area contributed by atoms with Gasteiger partial charge in [0.2, 0.25) is 0 Å². The Morgan fingerprint density at radius 3 is 2.76 bits per heavy atom. The summed E-state index contributed by atoms with van der Waals surface area (Å²) in [7, 11) is 0. The highest BCUT2D eigenvalue weighted by Crippen LogP contribution is 2.27. The molecule has 1 unspecified atom stereocenters. The molecule has 0 aliphatic carbocycles. The van der Waals surface area contributed by atoms with E-state index in [1.54, 1.807) is 6.20 Å². The van der Waals surface area contributed by atoms with Gasteiger partial charge in [0.05, 0.1) is 5.69 Å². The zero-order valence-corrected chi connectivity index (χ0v) is 11.9. The summed E-state index contributed by atoms with van der Waals surface area (Å²) in [6.45, 7) is 2.33. The molecule has 0 aliphatic heterocycles. The Kier molecular flexibility index (Phi) is 3.79. The topological polar surface area (TPSA) is 61.0 Å². The van der Waals surface area contributed by atoms with Crippen LogP contribution in [-0.4, -0.2) is 16.5 Å². The van der Waals surface area contributed by atoms with Gasteiger partial charge in [0, 0.05) is 23.8 Å². The van der Waals surface area contributed by atoms with Crippen molar-refractivity contribution in [3.8, 4) is 5.75 Å². The second kappa shape index (κ2) is 5.89. The van der Waals surface area contributed by atoms with E-state index in [0.29, 0.717) is 6.54 Å². The molecule has 3 rings (SSSR count). The highest BCUT2D eigenvalue weighted by Gasteiger charge is 2.14. The first-order valence-electron chi connectivity index (χ1n) is 6.92. The lowest BCUT2D eigenvalue weighted by molar-refractivity contribution is 0.211. The van der Waals surface area contributed by atoms with Gasteiger partial charge in [0.15, 0.2) is 6.10 Å². The van der Waals surface area contributed by atoms with Crippen molar-refractivity contribution in [1.29, 1.82) is 0 Å². The van der Waals surface area contributed by atoms with Gasteiger partial charge < -0.3 is 10.5 Å². The van der Waals surface area contributed by atoms with E-state index < -0.39 is 0 Å².